The Labute approximate surface area is 165 Å². The highest BCUT2D eigenvalue weighted by atomic mass is 35.5. The van der Waals surface area contributed by atoms with Gasteiger partial charge in [0.25, 0.3) is 0 Å². The van der Waals surface area contributed by atoms with Crippen LogP contribution in [0.5, 0.6) is 0 Å². The molecule has 0 aliphatic carbocycles. The molecule has 0 aromatic carbocycles. The van der Waals surface area contributed by atoms with Crippen molar-refractivity contribution in [2.75, 3.05) is 32.9 Å². The molecule has 2 heterocycles. The Bertz CT molecular complexity index is 459. The molecule has 5 heteroatoms. The molecule has 1 fully saturated rings. The first-order valence-corrected chi connectivity index (χ1v) is 10.9. The first kappa shape index (κ1) is 22.0. The quantitative estimate of drug-likeness (QED) is 0.412. The average molecular weight is 387 g/mol. The van der Waals surface area contributed by atoms with E-state index in [1.54, 1.807) is 0 Å². The highest BCUT2D eigenvalue weighted by Crippen LogP contribution is 2.41. The van der Waals surface area contributed by atoms with Gasteiger partial charge in [-0.05, 0) is 40.2 Å². The second-order valence-corrected chi connectivity index (χ2v) is 9.17. The van der Waals surface area contributed by atoms with E-state index in [0.29, 0.717) is 0 Å². The fraction of sp³-hybridized carbons (Fsp3) is 0.905. The normalized spacial score (nSPS) is 26.0. The monoisotopic (exact) mass is 386 g/mol. The van der Waals surface area contributed by atoms with Gasteiger partial charge in [0.2, 0.25) is 0 Å². The number of unbranched alkanes of at least 4 members (excludes halogenated alkanes) is 5. The minimum atomic E-state index is -0.268. The molecule has 0 spiro atoms. The second-order valence-electron chi connectivity index (χ2n) is 8.73. The molecule has 0 N–H and O–H groups in total. The molecule has 1 atom stereocenters. The molecule has 26 heavy (non-hydrogen) atoms. The zero-order valence-electron chi connectivity index (χ0n) is 17.5. The number of alkyl halides is 1. The van der Waals surface area contributed by atoms with E-state index in [9.17, 15) is 0 Å². The van der Waals surface area contributed by atoms with Crippen LogP contribution in [0.1, 0.15) is 73.1 Å². The van der Waals surface area contributed by atoms with Crippen molar-refractivity contribution in [1.29, 1.82) is 0 Å². The van der Waals surface area contributed by atoms with Gasteiger partial charge in [0.15, 0.2) is 0 Å². The number of hydrogen-bond donors (Lipinski definition) is 0. The number of morpholine rings is 1. The zero-order chi connectivity index (χ0) is 19.2. The van der Waals surface area contributed by atoms with Gasteiger partial charge in [0, 0.05) is 18.8 Å². The maximum absolute atomic E-state index is 6.95. The number of hydroxylamine groups is 2. The van der Waals surface area contributed by atoms with Crippen molar-refractivity contribution in [2.24, 2.45) is 0 Å². The third kappa shape index (κ3) is 5.37. The van der Waals surface area contributed by atoms with Crippen LogP contribution in [-0.4, -0.2) is 59.3 Å². The lowest BCUT2D eigenvalue weighted by molar-refractivity contribution is -0.259. The van der Waals surface area contributed by atoms with E-state index in [2.05, 4.69) is 50.7 Å². The van der Waals surface area contributed by atoms with E-state index in [4.69, 9.17) is 21.2 Å². The number of hydrogen-bond acceptors (Lipinski definition) is 4. The van der Waals surface area contributed by atoms with Crippen molar-refractivity contribution in [3.05, 3.63) is 11.8 Å². The predicted molar refractivity (Wildman–Crippen MR) is 109 cm³/mol. The summed E-state index contributed by atoms with van der Waals surface area (Å²) in [6.45, 7) is 15.2. The van der Waals surface area contributed by atoms with Gasteiger partial charge >= 0.3 is 0 Å². The molecule has 152 valence electrons. The molecule has 2 rings (SSSR count). The van der Waals surface area contributed by atoms with Crippen LogP contribution in [0.3, 0.4) is 0 Å². The highest BCUT2D eigenvalue weighted by Gasteiger charge is 2.49. The SMILES string of the molecule is CCCCCCCCON1C(C)(C)C=C(N2CCOCC2)C(Cl)C1(C)C. The van der Waals surface area contributed by atoms with Crippen molar-refractivity contribution in [1.82, 2.24) is 9.96 Å². The van der Waals surface area contributed by atoms with Gasteiger partial charge in [-0.2, -0.15) is 5.06 Å². The van der Waals surface area contributed by atoms with Gasteiger partial charge in [-0.1, -0.05) is 39.0 Å². The fourth-order valence-electron chi connectivity index (χ4n) is 4.15. The first-order chi connectivity index (χ1) is 12.3. The number of rotatable bonds is 9. The van der Waals surface area contributed by atoms with Crippen LogP contribution >= 0.6 is 11.6 Å². The number of nitrogens with zero attached hydrogens (tertiary/aromatic N) is 2. The van der Waals surface area contributed by atoms with Crippen LogP contribution in [0.15, 0.2) is 11.8 Å². The van der Waals surface area contributed by atoms with E-state index in [-0.39, 0.29) is 16.5 Å². The second kappa shape index (κ2) is 9.77. The van der Waals surface area contributed by atoms with Gasteiger partial charge in [0.05, 0.1) is 36.3 Å². The molecule has 0 aromatic rings. The Morgan fingerprint density at radius 3 is 2.35 bits per heavy atom. The topological polar surface area (TPSA) is 24.9 Å². The zero-order valence-corrected chi connectivity index (χ0v) is 18.3. The summed E-state index contributed by atoms with van der Waals surface area (Å²) in [5, 5.41) is 2.03. The highest BCUT2D eigenvalue weighted by molar-refractivity contribution is 6.23. The predicted octanol–water partition coefficient (Wildman–Crippen LogP) is 4.97. The van der Waals surface area contributed by atoms with Crippen LogP contribution in [0.25, 0.3) is 0 Å². The molecule has 0 amide bonds. The largest absolute Gasteiger partial charge is 0.378 e. The molecule has 2 aliphatic rings. The molecule has 1 saturated heterocycles. The summed E-state index contributed by atoms with van der Waals surface area (Å²) < 4.78 is 5.50. The Kier molecular flexibility index (Phi) is 8.27. The molecule has 4 nitrogen and oxygen atoms in total. The fourth-order valence-corrected chi connectivity index (χ4v) is 4.43. The van der Waals surface area contributed by atoms with Crippen molar-refractivity contribution >= 4 is 11.6 Å². The summed E-state index contributed by atoms with van der Waals surface area (Å²) in [6, 6.07) is 0. The average Bonchev–Trinajstić information content (AvgIpc) is 2.60. The third-order valence-corrected chi connectivity index (χ3v) is 6.28. The van der Waals surface area contributed by atoms with Crippen molar-refractivity contribution in [2.45, 2.75) is 89.6 Å². The van der Waals surface area contributed by atoms with Crippen molar-refractivity contribution < 1.29 is 9.57 Å². The summed E-state index contributed by atoms with van der Waals surface area (Å²) >= 11 is 6.95. The Morgan fingerprint density at radius 2 is 1.69 bits per heavy atom. The van der Waals surface area contributed by atoms with E-state index in [1.807, 2.05) is 0 Å². The van der Waals surface area contributed by atoms with E-state index < -0.39 is 0 Å². The lowest BCUT2D eigenvalue weighted by Crippen LogP contribution is -2.63. The summed E-state index contributed by atoms with van der Waals surface area (Å²) in [5.41, 5.74) is 0.768. The maximum Gasteiger partial charge on any atom is 0.0932 e. The molecule has 0 bridgehead atoms. The maximum atomic E-state index is 6.95. The Hall–Kier alpha value is -0.290. The van der Waals surface area contributed by atoms with Gasteiger partial charge in [-0.3, -0.25) is 4.84 Å². The minimum Gasteiger partial charge on any atom is -0.378 e. The third-order valence-electron chi connectivity index (χ3n) is 5.52. The molecule has 0 aromatic heterocycles. The summed E-state index contributed by atoms with van der Waals surface area (Å²) in [5.74, 6) is 0. The molecule has 0 saturated carbocycles. The Balaban J connectivity index is 1.97. The lowest BCUT2D eigenvalue weighted by Gasteiger charge is -2.54. The van der Waals surface area contributed by atoms with Crippen LogP contribution in [0.2, 0.25) is 0 Å². The summed E-state index contributed by atoms with van der Waals surface area (Å²) in [7, 11) is 0. The van der Waals surface area contributed by atoms with Gasteiger partial charge in [-0.15, -0.1) is 11.6 Å². The molecular weight excluding hydrogens is 348 g/mol. The van der Waals surface area contributed by atoms with Gasteiger partial charge in [-0.25, -0.2) is 0 Å². The molecule has 2 aliphatic heterocycles. The smallest absolute Gasteiger partial charge is 0.0932 e. The van der Waals surface area contributed by atoms with Crippen LogP contribution in [0.4, 0.5) is 0 Å². The van der Waals surface area contributed by atoms with E-state index in [1.165, 1.54) is 37.8 Å². The molecule has 1 unspecified atom stereocenters. The minimum absolute atomic E-state index is 0.0989. The van der Waals surface area contributed by atoms with Crippen molar-refractivity contribution in [3.63, 3.8) is 0 Å². The standard InChI is InChI=1S/C21H39ClN2O2/c1-6-7-8-9-10-11-14-26-24-20(2,3)17-18(19(22)21(24,4)5)23-12-15-25-16-13-23/h17,19H,6-16H2,1-5H3. The van der Waals surface area contributed by atoms with Gasteiger partial charge in [0.1, 0.15) is 0 Å². The van der Waals surface area contributed by atoms with Crippen LogP contribution in [-0.2, 0) is 9.57 Å². The van der Waals surface area contributed by atoms with Gasteiger partial charge < -0.3 is 9.64 Å². The summed E-state index contributed by atoms with van der Waals surface area (Å²) in [4.78, 5) is 8.67. The van der Waals surface area contributed by atoms with Crippen LogP contribution < -0.4 is 0 Å². The number of ether oxygens (including phenoxy) is 1. The van der Waals surface area contributed by atoms with Crippen LogP contribution in [0, 0.1) is 0 Å². The molecular formula is C21H39ClN2O2. The molecule has 0 radical (unpaired) electrons. The Morgan fingerprint density at radius 1 is 1.08 bits per heavy atom. The van der Waals surface area contributed by atoms with E-state index >= 15 is 0 Å². The lowest BCUT2D eigenvalue weighted by atomic mass is 9.84. The first-order valence-electron chi connectivity index (χ1n) is 10.4. The number of halogens is 1. The van der Waals surface area contributed by atoms with Crippen molar-refractivity contribution in [3.8, 4) is 0 Å². The van der Waals surface area contributed by atoms with E-state index in [0.717, 1.165) is 39.3 Å². The summed E-state index contributed by atoms with van der Waals surface area (Å²) in [6.07, 6.45) is 9.93.